The van der Waals surface area contributed by atoms with Crippen LogP contribution >= 0.6 is 0 Å². The number of nitrogens with zero attached hydrogens (tertiary/aromatic N) is 7. The number of carbonyl (C=O) groups excluding carboxylic acids is 7. The van der Waals surface area contributed by atoms with E-state index < -0.39 is 36.0 Å². The highest BCUT2D eigenvalue weighted by molar-refractivity contribution is 6.12. The highest BCUT2D eigenvalue weighted by Gasteiger charge is 2.29. The van der Waals surface area contributed by atoms with Crippen LogP contribution in [0.4, 0.5) is 15.3 Å². The van der Waals surface area contributed by atoms with Gasteiger partial charge in [-0.15, -0.1) is 0 Å². The average molecular weight is 1010 g/mol. The third-order valence-electron chi connectivity index (χ3n) is 12.1. The van der Waals surface area contributed by atoms with Crippen LogP contribution in [0.15, 0.2) is 104 Å². The van der Waals surface area contributed by atoms with Crippen molar-refractivity contribution in [3.05, 3.63) is 132 Å². The first kappa shape index (κ1) is 53.1. The highest BCUT2D eigenvalue weighted by atomic mass is 16.6. The lowest BCUT2D eigenvalue weighted by Crippen LogP contribution is -2.54. The zero-order chi connectivity index (χ0) is 52.7. The van der Waals surface area contributed by atoms with Crippen molar-refractivity contribution in [1.82, 2.24) is 55.3 Å². The molecular formula is C53H61N13O8. The predicted octanol–water partition coefficient (Wildman–Crippen LogP) is 5.64. The third kappa shape index (κ3) is 14.7. The number of H-pyrrole nitrogens is 1. The van der Waals surface area contributed by atoms with Crippen LogP contribution in [-0.4, -0.2) is 106 Å². The maximum Gasteiger partial charge on any atom is 0.410 e. The number of hydrogen-bond acceptors (Lipinski definition) is 12. The van der Waals surface area contributed by atoms with Gasteiger partial charge in [0.2, 0.25) is 17.7 Å². The minimum Gasteiger partial charge on any atom is -0.445 e. The Hall–Kier alpha value is -8.75. The molecule has 1 aliphatic rings. The van der Waals surface area contributed by atoms with Crippen LogP contribution < -0.4 is 27.0 Å². The lowest BCUT2D eigenvalue weighted by atomic mass is 10.0. The van der Waals surface area contributed by atoms with Gasteiger partial charge in [-0.05, 0) is 93.0 Å². The second-order valence-electron chi connectivity index (χ2n) is 18.4. The molecule has 0 saturated carbocycles. The SMILES string of the molecule is Cc1cccc(CN(Cc2nc(-c3cccc(C)n3)c(-c3ccc4ncnn4c3)[nH]2)C(=O)OCc2ccc(NC(=O)C(CCCNC(N)=O)NC(=O)C(NC(=O)CCCCCN3C(=O)C=CC3=O)C(C)C)cc2)c1. The zero-order valence-corrected chi connectivity index (χ0v) is 41.8. The number of rotatable bonds is 24. The van der Waals surface area contributed by atoms with Crippen LogP contribution in [0.5, 0.6) is 0 Å². The molecule has 0 aliphatic carbocycles. The third-order valence-corrected chi connectivity index (χ3v) is 12.1. The molecule has 0 fully saturated rings. The molecule has 6 aromatic rings. The minimum absolute atomic E-state index is 0.0653. The van der Waals surface area contributed by atoms with Gasteiger partial charge < -0.3 is 36.7 Å². The summed E-state index contributed by atoms with van der Waals surface area (Å²) in [7, 11) is 0. The monoisotopic (exact) mass is 1010 g/mol. The van der Waals surface area contributed by atoms with Gasteiger partial charge >= 0.3 is 12.1 Å². The summed E-state index contributed by atoms with van der Waals surface area (Å²) in [6, 6.07) is 21.3. The fraction of sp³-hybridized carbons (Fsp3) is 0.340. The number of aromatic amines is 1. The zero-order valence-electron chi connectivity index (χ0n) is 41.8. The number of primary amides is 1. The smallest absolute Gasteiger partial charge is 0.410 e. The summed E-state index contributed by atoms with van der Waals surface area (Å²) in [5.41, 5.74) is 12.4. The molecule has 7 rings (SSSR count). The number of imide groups is 1. The second-order valence-corrected chi connectivity index (χ2v) is 18.4. The van der Waals surface area contributed by atoms with E-state index >= 15 is 0 Å². The van der Waals surface area contributed by atoms with E-state index in [2.05, 4.69) is 36.3 Å². The maximum atomic E-state index is 14.1. The molecule has 21 nitrogen and oxygen atoms in total. The molecule has 0 bridgehead atoms. The van der Waals surface area contributed by atoms with Crippen LogP contribution in [0.3, 0.4) is 0 Å². The number of carbonyl (C=O) groups is 7. The van der Waals surface area contributed by atoms with Crippen molar-refractivity contribution in [1.29, 1.82) is 0 Å². The number of benzene rings is 2. The lowest BCUT2D eigenvalue weighted by Gasteiger charge is -2.25. The first-order chi connectivity index (χ1) is 35.6. The van der Waals surface area contributed by atoms with Gasteiger partial charge in [-0.25, -0.2) is 24.1 Å². The molecule has 8 amide bonds. The van der Waals surface area contributed by atoms with Gasteiger partial charge in [0.05, 0.1) is 17.9 Å². The maximum absolute atomic E-state index is 14.1. The number of aryl methyl sites for hydroxylation is 2. The Morgan fingerprint density at radius 1 is 0.824 bits per heavy atom. The number of nitrogens with one attached hydrogen (secondary N) is 5. The Morgan fingerprint density at radius 3 is 2.32 bits per heavy atom. The fourth-order valence-electron chi connectivity index (χ4n) is 8.29. The molecule has 0 spiro atoms. The second kappa shape index (κ2) is 25.1. The number of ether oxygens (including phenoxy) is 1. The summed E-state index contributed by atoms with van der Waals surface area (Å²) >= 11 is 0. The molecule has 0 saturated heterocycles. The van der Waals surface area contributed by atoms with Crippen molar-refractivity contribution in [2.45, 2.75) is 98.0 Å². The number of imidazole rings is 1. The van der Waals surface area contributed by atoms with Gasteiger partial charge in [-0.3, -0.25) is 38.8 Å². The molecule has 74 heavy (non-hydrogen) atoms. The van der Waals surface area contributed by atoms with Crippen LogP contribution in [0.1, 0.15) is 80.6 Å². The van der Waals surface area contributed by atoms with E-state index in [4.69, 9.17) is 20.4 Å². The Labute approximate surface area is 427 Å². The number of fused-ring (bicyclic) bond motifs is 1. The summed E-state index contributed by atoms with van der Waals surface area (Å²) in [4.78, 5) is 110. The van der Waals surface area contributed by atoms with Crippen molar-refractivity contribution in [2.75, 3.05) is 18.4 Å². The number of unbranched alkanes of at least 4 members (excludes halogenated alkanes) is 2. The summed E-state index contributed by atoms with van der Waals surface area (Å²) in [5, 5.41) is 15.2. The highest BCUT2D eigenvalue weighted by Crippen LogP contribution is 2.30. The van der Waals surface area contributed by atoms with E-state index in [0.29, 0.717) is 65.5 Å². The lowest BCUT2D eigenvalue weighted by molar-refractivity contribution is -0.137. The van der Waals surface area contributed by atoms with Gasteiger partial charge in [0, 0.05) is 61.3 Å². The molecule has 7 N–H and O–H groups in total. The summed E-state index contributed by atoms with van der Waals surface area (Å²) in [5.74, 6) is -2.01. The Bertz CT molecular complexity index is 3000. The van der Waals surface area contributed by atoms with Crippen LogP contribution in [0, 0.1) is 19.8 Å². The van der Waals surface area contributed by atoms with Crippen molar-refractivity contribution in [3.8, 4) is 22.6 Å². The number of urea groups is 1. The quantitative estimate of drug-likeness (QED) is 0.0318. The first-order valence-electron chi connectivity index (χ1n) is 24.5. The fourth-order valence-corrected chi connectivity index (χ4v) is 8.29. The number of pyridine rings is 2. The number of hydrogen-bond donors (Lipinski definition) is 6. The van der Waals surface area contributed by atoms with E-state index in [1.807, 2.05) is 74.6 Å². The van der Waals surface area contributed by atoms with Crippen molar-refractivity contribution >= 4 is 53.0 Å². The number of aromatic nitrogens is 6. The van der Waals surface area contributed by atoms with Crippen LogP contribution in [0.25, 0.3) is 28.3 Å². The Morgan fingerprint density at radius 2 is 1.59 bits per heavy atom. The largest absolute Gasteiger partial charge is 0.445 e. The van der Waals surface area contributed by atoms with E-state index in [1.54, 1.807) is 47.5 Å². The number of anilines is 1. The van der Waals surface area contributed by atoms with Gasteiger partial charge in [0.15, 0.2) is 5.65 Å². The van der Waals surface area contributed by atoms with Crippen LogP contribution in [0.2, 0.25) is 0 Å². The molecular weight excluding hydrogens is 947 g/mol. The molecule has 21 heteroatoms. The summed E-state index contributed by atoms with van der Waals surface area (Å²) < 4.78 is 7.58. The molecule has 2 atom stereocenters. The van der Waals surface area contributed by atoms with Gasteiger partial charge in [0.1, 0.15) is 36.5 Å². The van der Waals surface area contributed by atoms with Crippen LogP contribution in [-0.2, 0) is 48.4 Å². The molecule has 1 aliphatic heterocycles. The predicted molar refractivity (Wildman–Crippen MR) is 274 cm³/mol. The van der Waals surface area contributed by atoms with Gasteiger partial charge in [-0.2, -0.15) is 5.10 Å². The molecule has 2 unspecified atom stereocenters. The first-order valence-corrected chi connectivity index (χ1v) is 24.5. The van der Waals surface area contributed by atoms with Crippen molar-refractivity contribution < 1.29 is 38.3 Å². The molecule has 5 heterocycles. The summed E-state index contributed by atoms with van der Waals surface area (Å²) in [6.07, 6.45) is 7.31. The van der Waals surface area contributed by atoms with E-state index in [1.165, 1.54) is 18.5 Å². The molecule has 4 aromatic heterocycles. The standard InChI is InChI=1S/C53H61N13O8/c1-33(2)47(63-44(67)16-6-5-7-26-65-45(68)23-24-46(65)69)51(71)60-41(15-10-25-55-52(54)72)50(70)59-39-20-17-36(18-21-39)31-74-53(73)64(28-37-13-8-11-34(3)27-37)30-42-61-48(38-19-22-43-56-32-57-66(43)29-38)49(62-42)40-14-9-12-35(4)58-40/h8-9,11-14,17-24,27,29,32-33,41,47H,5-7,10,15-16,25-26,28,30-31H2,1-4H3,(H,59,70)(H,60,71)(H,61,62)(H,63,67)(H3,54,55,72). The summed E-state index contributed by atoms with van der Waals surface area (Å²) in [6.45, 7) is 8.03. The Balaban J connectivity index is 0.985. The normalized spacial score (nSPS) is 13.0. The topological polar surface area (TPSA) is 281 Å². The molecule has 2 aromatic carbocycles. The molecule has 386 valence electrons. The molecule has 0 radical (unpaired) electrons. The van der Waals surface area contributed by atoms with Gasteiger partial charge in [-0.1, -0.05) is 68.3 Å². The van der Waals surface area contributed by atoms with Crippen molar-refractivity contribution in [3.63, 3.8) is 0 Å². The minimum atomic E-state index is -1.06. The average Bonchev–Trinajstić information content (AvgIpc) is 4.11. The Kier molecular flexibility index (Phi) is 18.0. The van der Waals surface area contributed by atoms with E-state index in [0.717, 1.165) is 27.3 Å². The van der Waals surface area contributed by atoms with Crippen molar-refractivity contribution in [2.24, 2.45) is 11.7 Å². The number of nitrogens with two attached hydrogens (primary N) is 1. The number of amides is 8. The van der Waals surface area contributed by atoms with Gasteiger partial charge in [0.25, 0.3) is 11.8 Å². The van der Waals surface area contributed by atoms with E-state index in [9.17, 15) is 33.6 Å². The van der Waals surface area contributed by atoms with E-state index in [-0.39, 0.29) is 69.3 Å².